The standard InChI is InChI=1S/C25H16F2N4O/c26-19-9-6-10-20(27)24(19)18-13-16-15-29-23(30-22-11-4-5-12-28-22)14-21(16)31(25(18)32)17-7-2-1-3-8-17/h1-15H,(H,28,29,30). The lowest BCUT2D eigenvalue weighted by atomic mass is 10.0. The van der Waals surface area contributed by atoms with Gasteiger partial charge in [-0.2, -0.15) is 0 Å². The Morgan fingerprint density at radius 3 is 2.25 bits per heavy atom. The van der Waals surface area contributed by atoms with Gasteiger partial charge in [-0.25, -0.2) is 18.7 Å². The summed E-state index contributed by atoms with van der Waals surface area (Å²) in [5.74, 6) is -0.534. The second-order valence-electron chi connectivity index (χ2n) is 7.10. The van der Waals surface area contributed by atoms with E-state index in [1.165, 1.54) is 16.7 Å². The minimum Gasteiger partial charge on any atom is -0.325 e. The van der Waals surface area contributed by atoms with Gasteiger partial charge in [-0.15, -0.1) is 0 Å². The largest absolute Gasteiger partial charge is 0.325 e. The minimum atomic E-state index is -0.803. The minimum absolute atomic E-state index is 0.0795. The van der Waals surface area contributed by atoms with Gasteiger partial charge in [-0.1, -0.05) is 30.3 Å². The van der Waals surface area contributed by atoms with Crippen LogP contribution in [0.3, 0.4) is 0 Å². The topological polar surface area (TPSA) is 59.8 Å². The maximum absolute atomic E-state index is 14.5. The van der Waals surface area contributed by atoms with E-state index in [0.717, 1.165) is 12.1 Å². The van der Waals surface area contributed by atoms with Crippen LogP contribution in [0.15, 0.2) is 96.1 Å². The smallest absolute Gasteiger partial charge is 0.263 e. The molecule has 2 aromatic carbocycles. The van der Waals surface area contributed by atoms with E-state index in [1.807, 2.05) is 12.1 Å². The Labute approximate surface area is 181 Å². The fourth-order valence-electron chi connectivity index (χ4n) is 3.61. The first-order valence-corrected chi connectivity index (χ1v) is 9.85. The fourth-order valence-corrected chi connectivity index (χ4v) is 3.61. The second kappa shape index (κ2) is 8.03. The maximum atomic E-state index is 14.5. The molecule has 0 aliphatic carbocycles. The summed E-state index contributed by atoms with van der Waals surface area (Å²) in [4.78, 5) is 22.1. The van der Waals surface area contributed by atoms with Crippen molar-refractivity contribution in [2.75, 3.05) is 5.32 Å². The van der Waals surface area contributed by atoms with E-state index in [1.54, 1.807) is 54.9 Å². The van der Waals surface area contributed by atoms with E-state index in [2.05, 4.69) is 15.3 Å². The zero-order chi connectivity index (χ0) is 22.1. The lowest BCUT2D eigenvalue weighted by molar-refractivity contribution is 0.589. The number of nitrogens with one attached hydrogen (secondary N) is 1. The van der Waals surface area contributed by atoms with Crippen LogP contribution < -0.4 is 10.9 Å². The summed E-state index contributed by atoms with van der Waals surface area (Å²) >= 11 is 0. The average Bonchev–Trinajstić information content (AvgIpc) is 2.81. The van der Waals surface area contributed by atoms with Gasteiger partial charge in [0.15, 0.2) is 0 Å². The first-order chi connectivity index (χ1) is 15.6. The van der Waals surface area contributed by atoms with Gasteiger partial charge in [0, 0.05) is 29.5 Å². The molecule has 32 heavy (non-hydrogen) atoms. The number of pyridine rings is 3. The van der Waals surface area contributed by atoms with Gasteiger partial charge in [0.2, 0.25) is 0 Å². The molecule has 0 saturated heterocycles. The van der Waals surface area contributed by atoms with Crippen LogP contribution in [0.5, 0.6) is 0 Å². The molecule has 0 atom stereocenters. The monoisotopic (exact) mass is 426 g/mol. The Balaban J connectivity index is 1.78. The van der Waals surface area contributed by atoms with E-state index in [4.69, 9.17) is 0 Å². The van der Waals surface area contributed by atoms with Gasteiger partial charge >= 0.3 is 0 Å². The first kappa shape index (κ1) is 19.6. The third kappa shape index (κ3) is 3.50. The molecule has 5 nitrogen and oxygen atoms in total. The normalized spacial score (nSPS) is 10.9. The number of rotatable bonds is 4. The van der Waals surface area contributed by atoms with E-state index >= 15 is 0 Å². The summed E-state index contributed by atoms with van der Waals surface area (Å²) in [6, 6.07) is 21.1. The molecule has 7 heteroatoms. The third-order valence-electron chi connectivity index (χ3n) is 5.05. The molecular formula is C25H16F2N4O. The van der Waals surface area contributed by atoms with Crippen LogP contribution >= 0.6 is 0 Å². The number of aromatic nitrogens is 3. The van der Waals surface area contributed by atoms with Crippen molar-refractivity contribution in [3.8, 4) is 16.8 Å². The highest BCUT2D eigenvalue weighted by molar-refractivity contribution is 5.87. The molecule has 0 unspecified atom stereocenters. The summed E-state index contributed by atoms with van der Waals surface area (Å²) in [5, 5.41) is 3.65. The number of fused-ring (bicyclic) bond motifs is 1. The van der Waals surface area contributed by atoms with E-state index in [0.29, 0.717) is 28.2 Å². The molecule has 1 N–H and O–H groups in total. The van der Waals surface area contributed by atoms with Crippen LogP contribution in [-0.2, 0) is 0 Å². The van der Waals surface area contributed by atoms with Crippen molar-refractivity contribution in [2.45, 2.75) is 0 Å². The zero-order valence-corrected chi connectivity index (χ0v) is 16.7. The van der Waals surface area contributed by atoms with Gasteiger partial charge in [0.1, 0.15) is 23.3 Å². The van der Waals surface area contributed by atoms with Crippen LogP contribution in [0.2, 0.25) is 0 Å². The number of nitrogens with zero attached hydrogens (tertiary/aromatic N) is 3. The highest BCUT2D eigenvalue weighted by atomic mass is 19.1. The molecule has 0 aliphatic rings. The maximum Gasteiger partial charge on any atom is 0.263 e. The summed E-state index contributed by atoms with van der Waals surface area (Å²) < 4.78 is 30.5. The summed E-state index contributed by atoms with van der Waals surface area (Å²) in [7, 11) is 0. The Kier molecular flexibility index (Phi) is 4.91. The van der Waals surface area contributed by atoms with Crippen LogP contribution in [0.1, 0.15) is 0 Å². The third-order valence-corrected chi connectivity index (χ3v) is 5.05. The van der Waals surface area contributed by atoms with Crippen molar-refractivity contribution in [1.29, 1.82) is 0 Å². The fraction of sp³-hybridized carbons (Fsp3) is 0. The van der Waals surface area contributed by atoms with Crippen molar-refractivity contribution >= 4 is 22.5 Å². The van der Waals surface area contributed by atoms with Gasteiger partial charge in [0.05, 0.1) is 16.6 Å². The molecule has 0 fully saturated rings. The molecule has 0 spiro atoms. The Hall–Kier alpha value is -4.39. The van der Waals surface area contributed by atoms with Crippen LogP contribution in [-0.4, -0.2) is 14.5 Å². The van der Waals surface area contributed by atoms with Crippen LogP contribution in [0, 0.1) is 11.6 Å². The summed E-state index contributed by atoms with van der Waals surface area (Å²) in [6.07, 6.45) is 3.21. The Bertz CT molecular complexity index is 1470. The summed E-state index contributed by atoms with van der Waals surface area (Å²) in [5.41, 5.74) is 0.123. The second-order valence-corrected chi connectivity index (χ2v) is 7.10. The number of halogens is 2. The van der Waals surface area contributed by atoms with Gasteiger partial charge in [-0.05, 0) is 42.5 Å². The lowest BCUT2D eigenvalue weighted by Crippen LogP contribution is -2.21. The number of anilines is 2. The molecular weight excluding hydrogens is 410 g/mol. The quantitative estimate of drug-likeness (QED) is 0.414. The highest BCUT2D eigenvalue weighted by Gasteiger charge is 2.19. The molecule has 5 rings (SSSR count). The predicted molar refractivity (Wildman–Crippen MR) is 120 cm³/mol. The van der Waals surface area contributed by atoms with Crippen molar-refractivity contribution in [1.82, 2.24) is 14.5 Å². The molecule has 3 aromatic heterocycles. The van der Waals surface area contributed by atoms with Crippen molar-refractivity contribution < 1.29 is 8.78 Å². The van der Waals surface area contributed by atoms with E-state index in [-0.39, 0.29) is 11.1 Å². The molecule has 0 aliphatic heterocycles. The molecule has 5 aromatic rings. The molecule has 3 heterocycles. The first-order valence-electron chi connectivity index (χ1n) is 9.85. The molecule has 0 amide bonds. The SMILES string of the molecule is O=c1c(-c2c(F)cccc2F)cc2cnc(Nc3ccccn3)cc2n1-c1ccccc1. The van der Waals surface area contributed by atoms with Crippen molar-refractivity contribution in [3.05, 3.63) is 113 Å². The average molecular weight is 426 g/mol. The Morgan fingerprint density at radius 2 is 1.53 bits per heavy atom. The Morgan fingerprint density at radius 1 is 0.781 bits per heavy atom. The van der Waals surface area contributed by atoms with Gasteiger partial charge < -0.3 is 5.32 Å². The number of para-hydroxylation sites is 1. The van der Waals surface area contributed by atoms with Gasteiger partial charge in [-0.3, -0.25) is 9.36 Å². The number of benzene rings is 2. The van der Waals surface area contributed by atoms with Crippen LogP contribution in [0.4, 0.5) is 20.4 Å². The molecule has 0 bridgehead atoms. The number of hydrogen-bond donors (Lipinski definition) is 1. The summed E-state index contributed by atoms with van der Waals surface area (Å²) in [6.45, 7) is 0. The lowest BCUT2D eigenvalue weighted by Gasteiger charge is -2.15. The van der Waals surface area contributed by atoms with Crippen molar-refractivity contribution in [3.63, 3.8) is 0 Å². The molecule has 0 radical (unpaired) electrons. The molecule has 0 saturated carbocycles. The number of hydrogen-bond acceptors (Lipinski definition) is 4. The zero-order valence-electron chi connectivity index (χ0n) is 16.7. The van der Waals surface area contributed by atoms with Crippen molar-refractivity contribution in [2.24, 2.45) is 0 Å². The predicted octanol–water partition coefficient (Wildman–Crippen LogP) is 5.47. The highest BCUT2D eigenvalue weighted by Crippen LogP contribution is 2.28. The molecule has 156 valence electrons. The van der Waals surface area contributed by atoms with Gasteiger partial charge in [0.25, 0.3) is 5.56 Å². The van der Waals surface area contributed by atoms with Crippen LogP contribution in [0.25, 0.3) is 27.7 Å². The van der Waals surface area contributed by atoms with E-state index in [9.17, 15) is 13.6 Å². The van der Waals surface area contributed by atoms with E-state index < -0.39 is 17.2 Å².